The van der Waals surface area contributed by atoms with E-state index in [2.05, 4.69) is 19.2 Å². The van der Waals surface area contributed by atoms with Crippen LogP contribution in [0.5, 0.6) is 0 Å². The molecule has 0 aromatic rings. The predicted octanol–water partition coefficient (Wildman–Crippen LogP) is 0.903. The van der Waals surface area contributed by atoms with Gasteiger partial charge in [-0.15, -0.1) is 0 Å². The highest BCUT2D eigenvalue weighted by atomic mass is 16.5. The molecule has 0 saturated carbocycles. The summed E-state index contributed by atoms with van der Waals surface area (Å²) in [5, 5.41) is 2.83. The topological polar surface area (TPSA) is 64.3 Å². The van der Waals surface area contributed by atoms with E-state index in [1.807, 2.05) is 0 Å². The van der Waals surface area contributed by atoms with Gasteiger partial charge in [0, 0.05) is 20.3 Å². The van der Waals surface area contributed by atoms with Crippen LogP contribution in [-0.4, -0.2) is 32.2 Å². The fourth-order valence-electron chi connectivity index (χ4n) is 1.23. The van der Waals surface area contributed by atoms with Gasteiger partial charge in [0.25, 0.3) is 0 Å². The van der Waals surface area contributed by atoms with Crippen molar-refractivity contribution in [3.63, 3.8) is 0 Å². The molecule has 3 N–H and O–H groups in total. The van der Waals surface area contributed by atoms with E-state index in [9.17, 15) is 4.79 Å². The van der Waals surface area contributed by atoms with E-state index in [0.717, 1.165) is 19.4 Å². The summed E-state index contributed by atoms with van der Waals surface area (Å²) in [6.45, 7) is 5.59. The van der Waals surface area contributed by atoms with Gasteiger partial charge in [-0.1, -0.05) is 13.8 Å². The van der Waals surface area contributed by atoms with Crippen LogP contribution < -0.4 is 11.1 Å². The Morgan fingerprint density at radius 3 is 2.60 bits per heavy atom. The van der Waals surface area contributed by atoms with Crippen molar-refractivity contribution in [1.82, 2.24) is 5.32 Å². The largest absolute Gasteiger partial charge is 0.385 e. The van der Waals surface area contributed by atoms with Crippen molar-refractivity contribution in [2.45, 2.75) is 39.2 Å². The van der Waals surface area contributed by atoms with E-state index in [0.29, 0.717) is 18.9 Å². The quantitative estimate of drug-likeness (QED) is 0.593. The second kappa shape index (κ2) is 8.68. The molecule has 0 radical (unpaired) electrons. The average molecular weight is 216 g/mol. The fourth-order valence-corrected chi connectivity index (χ4v) is 1.23. The average Bonchev–Trinajstić information content (AvgIpc) is 2.20. The number of nitrogens with one attached hydrogen (secondary N) is 1. The smallest absolute Gasteiger partial charge is 0.237 e. The zero-order valence-corrected chi connectivity index (χ0v) is 10.1. The van der Waals surface area contributed by atoms with Crippen molar-refractivity contribution in [1.29, 1.82) is 0 Å². The highest BCUT2D eigenvalue weighted by Crippen LogP contribution is 2.01. The Bertz CT molecular complexity index is 172. The molecule has 1 amide bonds. The number of carbonyl (C=O) groups excluding carboxylic acids is 1. The Morgan fingerprint density at radius 2 is 2.07 bits per heavy atom. The summed E-state index contributed by atoms with van der Waals surface area (Å²) in [7, 11) is 1.60. The Kier molecular flexibility index (Phi) is 8.33. The summed E-state index contributed by atoms with van der Waals surface area (Å²) < 4.78 is 4.86. The monoisotopic (exact) mass is 216 g/mol. The lowest BCUT2D eigenvalue weighted by molar-refractivity contribution is -0.122. The molecule has 15 heavy (non-hydrogen) atoms. The molecule has 0 bridgehead atoms. The number of ether oxygens (including phenoxy) is 1. The van der Waals surface area contributed by atoms with Gasteiger partial charge < -0.3 is 15.8 Å². The number of rotatable bonds is 8. The van der Waals surface area contributed by atoms with Crippen LogP contribution in [-0.2, 0) is 9.53 Å². The molecule has 1 atom stereocenters. The Morgan fingerprint density at radius 1 is 1.40 bits per heavy atom. The second-order valence-corrected chi connectivity index (χ2v) is 4.22. The summed E-state index contributed by atoms with van der Waals surface area (Å²) >= 11 is 0. The number of hydrogen-bond acceptors (Lipinski definition) is 3. The van der Waals surface area contributed by atoms with Crippen molar-refractivity contribution >= 4 is 5.91 Å². The van der Waals surface area contributed by atoms with Gasteiger partial charge >= 0.3 is 0 Å². The maximum Gasteiger partial charge on any atom is 0.237 e. The number of amides is 1. The van der Waals surface area contributed by atoms with Crippen LogP contribution in [0.2, 0.25) is 0 Å². The van der Waals surface area contributed by atoms with Gasteiger partial charge in [-0.25, -0.2) is 0 Å². The lowest BCUT2D eigenvalue weighted by atomic mass is 10.1. The molecule has 0 rings (SSSR count). The normalized spacial score (nSPS) is 12.9. The number of hydrogen-bond donors (Lipinski definition) is 2. The van der Waals surface area contributed by atoms with Crippen molar-refractivity contribution in [3.05, 3.63) is 0 Å². The molecule has 0 saturated heterocycles. The van der Waals surface area contributed by atoms with E-state index in [1.54, 1.807) is 7.11 Å². The number of methoxy groups -OCH3 is 1. The molecule has 0 aliphatic carbocycles. The van der Waals surface area contributed by atoms with Crippen LogP contribution in [0.15, 0.2) is 0 Å². The van der Waals surface area contributed by atoms with Gasteiger partial charge in [0.2, 0.25) is 5.91 Å². The summed E-state index contributed by atoms with van der Waals surface area (Å²) in [5.41, 5.74) is 5.65. The van der Waals surface area contributed by atoms with Crippen LogP contribution in [0, 0.1) is 5.92 Å². The first-order valence-electron chi connectivity index (χ1n) is 5.60. The molecular weight excluding hydrogens is 192 g/mol. The molecule has 4 nitrogen and oxygen atoms in total. The van der Waals surface area contributed by atoms with E-state index < -0.39 is 6.04 Å². The van der Waals surface area contributed by atoms with E-state index in [1.165, 1.54) is 0 Å². The number of nitrogens with two attached hydrogens (primary N) is 1. The maximum atomic E-state index is 11.4. The zero-order valence-electron chi connectivity index (χ0n) is 10.1. The van der Waals surface area contributed by atoms with E-state index >= 15 is 0 Å². The van der Waals surface area contributed by atoms with Gasteiger partial charge in [-0.05, 0) is 25.2 Å². The third-order valence-electron chi connectivity index (χ3n) is 2.23. The molecule has 1 unspecified atom stereocenters. The summed E-state index contributed by atoms with van der Waals surface area (Å²) in [4.78, 5) is 11.4. The molecule has 0 aromatic carbocycles. The summed E-state index contributed by atoms with van der Waals surface area (Å²) in [6.07, 6.45) is 2.72. The van der Waals surface area contributed by atoms with Gasteiger partial charge in [0.15, 0.2) is 0 Å². The fraction of sp³-hybridized carbons (Fsp3) is 0.909. The van der Waals surface area contributed by atoms with E-state index in [-0.39, 0.29) is 5.91 Å². The molecule has 0 fully saturated rings. The molecule has 0 aliphatic rings. The second-order valence-electron chi connectivity index (χ2n) is 4.22. The first-order valence-corrected chi connectivity index (χ1v) is 5.60. The highest BCUT2D eigenvalue weighted by molar-refractivity contribution is 5.81. The predicted molar refractivity (Wildman–Crippen MR) is 61.6 cm³/mol. The Hall–Kier alpha value is -0.610. The Balaban J connectivity index is 3.47. The van der Waals surface area contributed by atoms with Crippen molar-refractivity contribution < 1.29 is 9.53 Å². The van der Waals surface area contributed by atoms with Crippen LogP contribution in [0.1, 0.15) is 33.1 Å². The molecule has 0 aliphatic heterocycles. The minimum absolute atomic E-state index is 0.0733. The van der Waals surface area contributed by atoms with Crippen LogP contribution in [0.3, 0.4) is 0 Å². The lowest BCUT2D eigenvalue weighted by Gasteiger charge is -2.12. The molecule has 4 heteroatoms. The third-order valence-corrected chi connectivity index (χ3v) is 2.23. The molecule has 90 valence electrons. The standard InChI is InChI=1S/C11H24N2O2/c1-9(2)5-4-7-13-11(14)10(12)6-8-15-3/h9-10H,4-8,12H2,1-3H3,(H,13,14). The first kappa shape index (κ1) is 14.4. The number of carbonyl (C=O) groups is 1. The van der Waals surface area contributed by atoms with Gasteiger partial charge in [0.1, 0.15) is 0 Å². The maximum absolute atomic E-state index is 11.4. The minimum atomic E-state index is -0.441. The minimum Gasteiger partial charge on any atom is -0.385 e. The Labute approximate surface area is 92.6 Å². The zero-order chi connectivity index (χ0) is 11.7. The molecule has 0 aromatic heterocycles. The van der Waals surface area contributed by atoms with Crippen LogP contribution in [0.4, 0.5) is 0 Å². The van der Waals surface area contributed by atoms with Gasteiger partial charge in [-0.2, -0.15) is 0 Å². The van der Waals surface area contributed by atoms with Crippen molar-refractivity contribution in [3.8, 4) is 0 Å². The van der Waals surface area contributed by atoms with E-state index in [4.69, 9.17) is 10.5 Å². The lowest BCUT2D eigenvalue weighted by Crippen LogP contribution is -2.41. The van der Waals surface area contributed by atoms with Crippen molar-refractivity contribution in [2.24, 2.45) is 11.7 Å². The highest BCUT2D eigenvalue weighted by Gasteiger charge is 2.11. The summed E-state index contributed by atoms with van der Waals surface area (Å²) in [5.74, 6) is 0.611. The molecule has 0 spiro atoms. The van der Waals surface area contributed by atoms with Crippen LogP contribution >= 0.6 is 0 Å². The molecule has 0 heterocycles. The molecular formula is C11H24N2O2. The van der Waals surface area contributed by atoms with Gasteiger partial charge in [0.05, 0.1) is 6.04 Å². The summed E-state index contributed by atoms with van der Waals surface area (Å²) in [6, 6.07) is -0.441. The van der Waals surface area contributed by atoms with Crippen LogP contribution in [0.25, 0.3) is 0 Å². The third kappa shape index (κ3) is 8.39. The SMILES string of the molecule is COCCC(N)C(=O)NCCCC(C)C. The van der Waals surface area contributed by atoms with Gasteiger partial charge in [-0.3, -0.25) is 4.79 Å². The first-order chi connectivity index (χ1) is 7.07. The van der Waals surface area contributed by atoms with Crippen molar-refractivity contribution in [2.75, 3.05) is 20.3 Å².